The summed E-state index contributed by atoms with van der Waals surface area (Å²) in [6, 6.07) is 0.747. The number of amides is 1. The van der Waals surface area contributed by atoms with Crippen molar-refractivity contribution in [3.8, 4) is 12.3 Å². The van der Waals surface area contributed by atoms with E-state index >= 15 is 0 Å². The summed E-state index contributed by atoms with van der Waals surface area (Å²) in [6.45, 7) is 10.2. The molecule has 0 radical (unpaired) electrons. The Balaban J connectivity index is 1.92. The average molecular weight is 290 g/mol. The van der Waals surface area contributed by atoms with E-state index in [9.17, 15) is 4.79 Å². The summed E-state index contributed by atoms with van der Waals surface area (Å²) in [6.07, 6.45) is 9.57. The van der Waals surface area contributed by atoms with Crippen LogP contribution in [0, 0.1) is 12.3 Å². The molecule has 2 aliphatic rings. The lowest BCUT2D eigenvalue weighted by Crippen LogP contribution is -2.56. The van der Waals surface area contributed by atoms with Gasteiger partial charge in [-0.1, -0.05) is 12.0 Å². The fraction of sp³-hybridized carbons (Fsp3) is 0.706. The molecule has 2 rings (SSSR count). The molecule has 1 fully saturated rings. The lowest BCUT2D eigenvalue weighted by atomic mass is 10.1. The molecule has 1 aliphatic carbocycles. The number of nitrogens with zero attached hydrogens (tertiary/aromatic N) is 2. The standard InChI is InChI=1S/C17H26N2O2/c1-6-14-7-8-15(11-14)19-10-9-18(12-13(19)2)16(20)21-17(3,4)5/h1,11,13,15H,7-10,12H2,2-5H3/t13-,15-/m1/s1. The number of rotatable bonds is 1. The van der Waals surface area contributed by atoms with E-state index in [4.69, 9.17) is 11.2 Å². The maximum Gasteiger partial charge on any atom is 0.410 e. The smallest absolute Gasteiger partial charge is 0.410 e. The minimum Gasteiger partial charge on any atom is -0.444 e. The van der Waals surface area contributed by atoms with Crippen molar-refractivity contribution in [1.29, 1.82) is 0 Å². The Bertz CT molecular complexity index is 470. The second kappa shape index (κ2) is 6.11. The number of terminal acetylenes is 1. The van der Waals surface area contributed by atoms with Crippen LogP contribution in [-0.4, -0.2) is 53.2 Å². The molecular weight excluding hydrogens is 264 g/mol. The van der Waals surface area contributed by atoms with Crippen molar-refractivity contribution in [3.63, 3.8) is 0 Å². The Morgan fingerprint density at radius 3 is 2.67 bits per heavy atom. The Hall–Kier alpha value is -1.47. The van der Waals surface area contributed by atoms with Gasteiger partial charge in [0, 0.05) is 31.7 Å². The molecule has 0 aromatic carbocycles. The zero-order valence-electron chi connectivity index (χ0n) is 13.6. The summed E-state index contributed by atoms with van der Waals surface area (Å²) in [4.78, 5) is 16.4. The number of hydrogen-bond donors (Lipinski definition) is 0. The Morgan fingerprint density at radius 1 is 1.43 bits per heavy atom. The van der Waals surface area contributed by atoms with Crippen molar-refractivity contribution in [1.82, 2.24) is 9.80 Å². The van der Waals surface area contributed by atoms with Crippen LogP contribution in [0.5, 0.6) is 0 Å². The molecule has 0 spiro atoms. The summed E-state index contributed by atoms with van der Waals surface area (Å²) in [5, 5.41) is 0. The molecule has 0 bridgehead atoms. The molecule has 2 atom stereocenters. The van der Waals surface area contributed by atoms with Crippen molar-refractivity contribution in [3.05, 3.63) is 11.6 Å². The van der Waals surface area contributed by atoms with Gasteiger partial charge in [-0.2, -0.15) is 0 Å². The van der Waals surface area contributed by atoms with E-state index < -0.39 is 5.60 Å². The first-order chi connectivity index (χ1) is 9.80. The first-order valence-corrected chi connectivity index (χ1v) is 7.71. The Kier molecular flexibility index (Phi) is 4.63. The van der Waals surface area contributed by atoms with Crippen LogP contribution < -0.4 is 0 Å². The van der Waals surface area contributed by atoms with E-state index in [0.29, 0.717) is 18.6 Å². The molecule has 0 unspecified atom stereocenters. The minimum atomic E-state index is -0.437. The van der Waals surface area contributed by atoms with E-state index in [1.807, 2.05) is 25.7 Å². The largest absolute Gasteiger partial charge is 0.444 e. The van der Waals surface area contributed by atoms with E-state index in [0.717, 1.165) is 31.5 Å². The van der Waals surface area contributed by atoms with Crippen LogP contribution in [-0.2, 0) is 4.74 Å². The van der Waals surface area contributed by atoms with Crippen LogP contribution >= 0.6 is 0 Å². The third-order valence-corrected chi connectivity index (χ3v) is 4.04. The lowest BCUT2D eigenvalue weighted by Gasteiger charge is -2.42. The molecule has 0 aromatic rings. The Labute approximate surface area is 128 Å². The first kappa shape index (κ1) is 15.9. The number of carbonyl (C=O) groups is 1. The van der Waals surface area contributed by atoms with Gasteiger partial charge in [-0.3, -0.25) is 4.90 Å². The number of ether oxygens (including phenoxy) is 1. The fourth-order valence-corrected chi connectivity index (χ4v) is 3.04. The SMILES string of the molecule is C#CC1=C[C@H](N2CCN(C(=O)OC(C)(C)C)C[C@H]2C)CC1. The fourth-order valence-electron chi connectivity index (χ4n) is 3.04. The van der Waals surface area contributed by atoms with Crippen molar-refractivity contribution in [2.45, 2.75) is 58.2 Å². The van der Waals surface area contributed by atoms with Gasteiger partial charge in [0.05, 0.1) is 0 Å². The number of allylic oxidation sites excluding steroid dienone is 1. The maximum absolute atomic E-state index is 12.1. The van der Waals surface area contributed by atoms with E-state index in [1.54, 1.807) is 0 Å². The molecular formula is C17H26N2O2. The van der Waals surface area contributed by atoms with E-state index in [2.05, 4.69) is 23.8 Å². The van der Waals surface area contributed by atoms with Gasteiger partial charge in [0.1, 0.15) is 5.60 Å². The predicted molar refractivity (Wildman–Crippen MR) is 83.9 cm³/mol. The third-order valence-electron chi connectivity index (χ3n) is 4.04. The zero-order chi connectivity index (χ0) is 15.6. The maximum atomic E-state index is 12.1. The highest BCUT2D eigenvalue weighted by molar-refractivity contribution is 5.68. The van der Waals surface area contributed by atoms with Crippen molar-refractivity contribution in [2.24, 2.45) is 0 Å². The van der Waals surface area contributed by atoms with Gasteiger partial charge in [-0.25, -0.2) is 4.79 Å². The molecule has 116 valence electrons. The predicted octanol–water partition coefficient (Wildman–Crippen LogP) is 2.65. The van der Waals surface area contributed by atoms with Gasteiger partial charge in [0.15, 0.2) is 0 Å². The zero-order valence-corrected chi connectivity index (χ0v) is 13.6. The van der Waals surface area contributed by atoms with Gasteiger partial charge >= 0.3 is 6.09 Å². The van der Waals surface area contributed by atoms with Gasteiger partial charge < -0.3 is 9.64 Å². The number of hydrogen-bond acceptors (Lipinski definition) is 3. The van der Waals surface area contributed by atoms with Crippen LogP contribution in [0.2, 0.25) is 0 Å². The van der Waals surface area contributed by atoms with Gasteiger partial charge in [-0.05, 0) is 46.1 Å². The molecule has 0 aromatic heterocycles. The highest BCUT2D eigenvalue weighted by Gasteiger charge is 2.33. The summed E-state index contributed by atoms with van der Waals surface area (Å²) in [5.74, 6) is 2.75. The van der Waals surface area contributed by atoms with E-state index in [-0.39, 0.29) is 6.09 Å². The summed E-state index contributed by atoms with van der Waals surface area (Å²) < 4.78 is 5.45. The molecule has 4 nitrogen and oxygen atoms in total. The van der Waals surface area contributed by atoms with Crippen LogP contribution in [0.3, 0.4) is 0 Å². The monoisotopic (exact) mass is 290 g/mol. The Morgan fingerprint density at radius 2 is 2.14 bits per heavy atom. The molecule has 1 aliphatic heterocycles. The van der Waals surface area contributed by atoms with Gasteiger partial charge in [0.25, 0.3) is 0 Å². The molecule has 1 heterocycles. The number of carbonyl (C=O) groups excluding carboxylic acids is 1. The lowest BCUT2D eigenvalue weighted by molar-refractivity contribution is 0.00164. The molecule has 0 saturated carbocycles. The highest BCUT2D eigenvalue weighted by atomic mass is 16.6. The van der Waals surface area contributed by atoms with Gasteiger partial charge in [-0.15, -0.1) is 6.42 Å². The number of piperazine rings is 1. The second-order valence-electron chi connectivity index (χ2n) is 6.96. The van der Waals surface area contributed by atoms with Crippen molar-refractivity contribution in [2.75, 3.05) is 19.6 Å². The average Bonchev–Trinajstić information content (AvgIpc) is 2.85. The van der Waals surface area contributed by atoms with Crippen LogP contribution in [0.15, 0.2) is 11.6 Å². The molecule has 1 saturated heterocycles. The molecule has 0 N–H and O–H groups in total. The quantitative estimate of drug-likeness (QED) is 0.696. The molecule has 4 heteroatoms. The van der Waals surface area contributed by atoms with Crippen molar-refractivity contribution >= 4 is 6.09 Å². The molecule has 1 amide bonds. The highest BCUT2D eigenvalue weighted by Crippen LogP contribution is 2.26. The second-order valence-corrected chi connectivity index (χ2v) is 6.96. The summed E-state index contributed by atoms with van der Waals surface area (Å²) in [7, 11) is 0. The summed E-state index contributed by atoms with van der Waals surface area (Å²) in [5.41, 5.74) is 0.676. The van der Waals surface area contributed by atoms with Crippen LogP contribution in [0.25, 0.3) is 0 Å². The molecule has 21 heavy (non-hydrogen) atoms. The third kappa shape index (κ3) is 4.01. The van der Waals surface area contributed by atoms with Crippen LogP contribution in [0.4, 0.5) is 4.79 Å². The summed E-state index contributed by atoms with van der Waals surface area (Å²) >= 11 is 0. The first-order valence-electron chi connectivity index (χ1n) is 7.71. The van der Waals surface area contributed by atoms with Crippen molar-refractivity contribution < 1.29 is 9.53 Å². The minimum absolute atomic E-state index is 0.208. The van der Waals surface area contributed by atoms with E-state index in [1.165, 1.54) is 0 Å². The normalized spacial score (nSPS) is 27.2. The van der Waals surface area contributed by atoms with Crippen LogP contribution in [0.1, 0.15) is 40.5 Å². The topological polar surface area (TPSA) is 32.8 Å². The van der Waals surface area contributed by atoms with Gasteiger partial charge in [0.2, 0.25) is 0 Å².